The molecule has 0 bridgehead atoms. The van der Waals surface area contributed by atoms with Crippen molar-refractivity contribution in [2.45, 2.75) is 207 Å². The van der Waals surface area contributed by atoms with Crippen LogP contribution in [0.1, 0.15) is 207 Å². The normalized spacial score (nSPS) is 14.9. The first-order chi connectivity index (χ1) is 23.0. The zero-order valence-electron chi connectivity index (χ0n) is 32.1. The van der Waals surface area contributed by atoms with E-state index in [4.69, 9.17) is 9.47 Å². The van der Waals surface area contributed by atoms with Gasteiger partial charge in [-0.15, -0.1) is 0 Å². The summed E-state index contributed by atoms with van der Waals surface area (Å²) in [5.41, 5.74) is 0. The van der Waals surface area contributed by atoms with Crippen LogP contribution in [-0.4, -0.2) is 50.2 Å². The summed E-state index contributed by atoms with van der Waals surface area (Å²) in [5, 5.41) is 0. The number of ether oxygens (including phenoxy) is 2. The lowest BCUT2D eigenvalue weighted by atomic mass is 9.90. The van der Waals surface area contributed by atoms with Crippen LogP contribution in [-0.2, 0) is 19.1 Å². The van der Waals surface area contributed by atoms with Crippen LogP contribution in [0.3, 0.4) is 0 Å². The van der Waals surface area contributed by atoms with Gasteiger partial charge in [-0.05, 0) is 70.5 Å². The van der Waals surface area contributed by atoms with Gasteiger partial charge in [-0.25, -0.2) is 0 Å². The highest BCUT2D eigenvalue weighted by molar-refractivity contribution is 5.72. The molecule has 1 rings (SSSR count). The van der Waals surface area contributed by atoms with Crippen LogP contribution >= 0.6 is 0 Å². The molecule has 47 heavy (non-hydrogen) atoms. The molecule has 1 aliphatic rings. The number of piperidine rings is 1. The maximum Gasteiger partial charge on any atom is 0.309 e. The third kappa shape index (κ3) is 26.4. The van der Waals surface area contributed by atoms with Gasteiger partial charge in [0.25, 0.3) is 0 Å². The highest BCUT2D eigenvalue weighted by Crippen LogP contribution is 2.25. The second-order valence-corrected chi connectivity index (χ2v) is 15.2. The second-order valence-electron chi connectivity index (χ2n) is 15.2. The number of carbonyl (C=O) groups excluding carboxylic acids is 2. The van der Waals surface area contributed by atoms with Gasteiger partial charge >= 0.3 is 11.9 Å². The van der Waals surface area contributed by atoms with Crippen molar-refractivity contribution in [2.75, 3.05) is 33.4 Å². The zero-order chi connectivity index (χ0) is 34.2. The first-order valence-corrected chi connectivity index (χ1v) is 21.0. The molecular formula is C42H81NO4. The Kier molecular flexibility index (Phi) is 30.0. The van der Waals surface area contributed by atoms with Gasteiger partial charge in [0.1, 0.15) is 0 Å². The molecule has 0 saturated carbocycles. The highest BCUT2D eigenvalue weighted by Gasteiger charge is 2.25. The number of nitrogens with zero attached hydrogens (tertiary/aromatic N) is 1. The molecule has 0 radical (unpaired) electrons. The molecule has 5 nitrogen and oxygen atoms in total. The minimum atomic E-state index is -0.0582. The van der Waals surface area contributed by atoms with Crippen molar-refractivity contribution >= 4 is 11.9 Å². The van der Waals surface area contributed by atoms with Crippen LogP contribution in [0.15, 0.2) is 0 Å². The summed E-state index contributed by atoms with van der Waals surface area (Å²) in [5.74, 6) is 1.27. The Morgan fingerprint density at radius 2 is 0.979 bits per heavy atom. The summed E-state index contributed by atoms with van der Waals surface area (Å²) in [7, 11) is 2.12. The maximum absolute atomic E-state index is 12.8. The van der Waals surface area contributed by atoms with E-state index in [2.05, 4.69) is 32.7 Å². The van der Waals surface area contributed by atoms with Crippen LogP contribution in [0.25, 0.3) is 0 Å². The van der Waals surface area contributed by atoms with Crippen molar-refractivity contribution in [3.8, 4) is 0 Å². The molecule has 1 fully saturated rings. The Hall–Kier alpha value is -1.10. The molecule has 278 valence electrons. The molecule has 0 aromatic carbocycles. The summed E-state index contributed by atoms with van der Waals surface area (Å²) >= 11 is 0. The number of unbranched alkanes of at least 4 members (excludes halogenated alkanes) is 16. The Labute approximate surface area is 293 Å². The molecule has 1 aliphatic heterocycles. The van der Waals surface area contributed by atoms with E-state index in [1.165, 1.54) is 135 Å². The standard InChI is InChI=1S/C42H81NO4/c1-5-8-11-12-13-14-15-17-23-29-39(37-47-42(45)40-32-34-43(4)35-33-40)30-25-31-41(44)46-36-24-19-16-18-22-28-38(26-20-9-6-2)27-21-10-7-3/h38-40H,5-37H2,1-4H3. The predicted octanol–water partition coefficient (Wildman–Crippen LogP) is 12.2. The Balaban J connectivity index is 2.24. The molecule has 0 aromatic rings. The molecule has 1 unspecified atom stereocenters. The molecule has 0 aromatic heterocycles. The van der Waals surface area contributed by atoms with E-state index in [9.17, 15) is 9.59 Å². The average molecular weight is 664 g/mol. The number of likely N-dealkylation sites (tertiary alicyclic amines) is 1. The quantitative estimate of drug-likeness (QED) is 0.0516. The van der Waals surface area contributed by atoms with Crippen LogP contribution in [0.4, 0.5) is 0 Å². The van der Waals surface area contributed by atoms with Crippen LogP contribution < -0.4 is 0 Å². The van der Waals surface area contributed by atoms with Crippen LogP contribution in [0.5, 0.6) is 0 Å². The minimum absolute atomic E-state index is 0.00615. The molecule has 0 spiro atoms. The first-order valence-electron chi connectivity index (χ1n) is 21.0. The molecule has 1 saturated heterocycles. The zero-order valence-corrected chi connectivity index (χ0v) is 32.1. The van der Waals surface area contributed by atoms with Crippen LogP contribution in [0, 0.1) is 17.8 Å². The number of rotatable bonds is 33. The topological polar surface area (TPSA) is 55.8 Å². The monoisotopic (exact) mass is 664 g/mol. The van der Waals surface area contributed by atoms with Crippen LogP contribution in [0.2, 0.25) is 0 Å². The van der Waals surface area contributed by atoms with E-state index in [0.29, 0.717) is 25.6 Å². The van der Waals surface area contributed by atoms with E-state index < -0.39 is 0 Å². The van der Waals surface area contributed by atoms with E-state index >= 15 is 0 Å². The number of hydrogen-bond acceptors (Lipinski definition) is 5. The maximum atomic E-state index is 12.8. The summed E-state index contributed by atoms with van der Waals surface area (Å²) < 4.78 is 11.5. The Bertz CT molecular complexity index is 695. The number of carbonyl (C=O) groups is 2. The lowest BCUT2D eigenvalue weighted by Crippen LogP contribution is -2.34. The first kappa shape index (κ1) is 43.9. The van der Waals surface area contributed by atoms with Gasteiger partial charge in [0.05, 0.1) is 19.1 Å². The fraction of sp³-hybridized carbons (Fsp3) is 0.952. The fourth-order valence-corrected chi connectivity index (χ4v) is 7.27. The summed E-state index contributed by atoms with van der Waals surface area (Å²) in [6, 6.07) is 0. The average Bonchev–Trinajstić information content (AvgIpc) is 3.07. The Morgan fingerprint density at radius 3 is 1.53 bits per heavy atom. The molecule has 5 heteroatoms. The molecule has 1 atom stereocenters. The van der Waals surface area contributed by atoms with Crippen molar-refractivity contribution in [3.63, 3.8) is 0 Å². The summed E-state index contributed by atoms with van der Waals surface area (Å²) in [4.78, 5) is 27.5. The Morgan fingerprint density at radius 1 is 0.553 bits per heavy atom. The molecule has 0 aliphatic carbocycles. The number of esters is 2. The smallest absolute Gasteiger partial charge is 0.309 e. The van der Waals surface area contributed by atoms with E-state index in [1.807, 2.05) is 0 Å². The number of hydrogen-bond donors (Lipinski definition) is 0. The summed E-state index contributed by atoms with van der Waals surface area (Å²) in [6.07, 6.45) is 35.6. The molecule has 0 N–H and O–H groups in total. The van der Waals surface area contributed by atoms with Crippen molar-refractivity contribution in [1.29, 1.82) is 0 Å². The lowest BCUT2D eigenvalue weighted by molar-refractivity contribution is -0.152. The lowest BCUT2D eigenvalue weighted by Gasteiger charge is -2.28. The third-order valence-electron chi connectivity index (χ3n) is 10.7. The van der Waals surface area contributed by atoms with Gasteiger partial charge in [-0.2, -0.15) is 0 Å². The van der Waals surface area contributed by atoms with Gasteiger partial charge in [-0.1, -0.05) is 162 Å². The van der Waals surface area contributed by atoms with Gasteiger partial charge in [0.15, 0.2) is 0 Å². The van der Waals surface area contributed by atoms with Gasteiger partial charge in [0.2, 0.25) is 0 Å². The van der Waals surface area contributed by atoms with Crippen molar-refractivity contribution in [2.24, 2.45) is 17.8 Å². The van der Waals surface area contributed by atoms with Crippen molar-refractivity contribution in [3.05, 3.63) is 0 Å². The van der Waals surface area contributed by atoms with E-state index in [1.54, 1.807) is 0 Å². The minimum Gasteiger partial charge on any atom is -0.466 e. The predicted molar refractivity (Wildman–Crippen MR) is 201 cm³/mol. The van der Waals surface area contributed by atoms with Gasteiger partial charge in [0, 0.05) is 6.42 Å². The molecular weight excluding hydrogens is 582 g/mol. The second kappa shape index (κ2) is 32.1. The fourth-order valence-electron chi connectivity index (χ4n) is 7.27. The summed E-state index contributed by atoms with van der Waals surface area (Å²) in [6.45, 7) is 9.90. The molecule has 1 heterocycles. The highest BCUT2D eigenvalue weighted by atomic mass is 16.5. The third-order valence-corrected chi connectivity index (χ3v) is 10.7. The SMILES string of the molecule is CCCCCCCCCCCC(CCCC(=O)OCCCCCCCC(CCCCC)CCCCC)COC(=O)C1CCN(C)CC1. The van der Waals surface area contributed by atoms with E-state index in [0.717, 1.165) is 64.0 Å². The molecule has 0 amide bonds. The van der Waals surface area contributed by atoms with Gasteiger partial charge < -0.3 is 14.4 Å². The van der Waals surface area contributed by atoms with Crippen molar-refractivity contribution < 1.29 is 19.1 Å². The van der Waals surface area contributed by atoms with Crippen molar-refractivity contribution in [1.82, 2.24) is 4.90 Å². The van der Waals surface area contributed by atoms with E-state index in [-0.39, 0.29) is 17.9 Å². The van der Waals surface area contributed by atoms with Gasteiger partial charge in [-0.3, -0.25) is 9.59 Å². The largest absolute Gasteiger partial charge is 0.466 e.